The van der Waals surface area contributed by atoms with E-state index in [1.165, 1.54) is 57.8 Å². The van der Waals surface area contributed by atoms with Crippen LogP contribution in [0, 0.1) is 0 Å². The molecule has 9 nitrogen and oxygen atoms in total. The second-order valence-electron chi connectivity index (χ2n) is 8.97. The zero-order valence-corrected chi connectivity index (χ0v) is 27.5. The number of unbranched alkanes of at least 4 members (excludes halogenated alkanes) is 9. The molecule has 0 N–H and O–H groups in total. The third kappa shape index (κ3) is 57.9. The molecule has 0 aromatic carbocycles. The van der Waals surface area contributed by atoms with Gasteiger partial charge in [0.1, 0.15) is 0 Å². The van der Waals surface area contributed by atoms with E-state index < -0.39 is 0 Å². The Morgan fingerprint density at radius 3 is 0.725 bits per heavy atom. The van der Waals surface area contributed by atoms with E-state index in [0.717, 1.165) is 39.1 Å². The van der Waals surface area contributed by atoms with E-state index in [2.05, 4.69) is 20.8 Å². The monoisotopic (exact) mass is 594 g/mol. The van der Waals surface area contributed by atoms with Gasteiger partial charge in [0, 0.05) is 39.6 Å². The Kier molecular flexibility index (Phi) is 61.1. The van der Waals surface area contributed by atoms with Crippen molar-refractivity contribution in [2.75, 3.05) is 99.1 Å². The summed E-state index contributed by atoms with van der Waals surface area (Å²) in [6, 6.07) is 0. The van der Waals surface area contributed by atoms with Crippen LogP contribution >= 0.6 is 0 Å². The summed E-state index contributed by atoms with van der Waals surface area (Å²) in [6.45, 7) is 13.0. The van der Waals surface area contributed by atoms with Crippen LogP contribution in [0.1, 0.15) is 97.8 Å². The van der Waals surface area contributed by atoms with E-state index in [9.17, 15) is 15.3 Å². The molecule has 0 aromatic rings. The molecule has 40 heavy (non-hydrogen) atoms. The Bertz CT molecular complexity index is 288. The first-order chi connectivity index (χ1) is 19.2. The summed E-state index contributed by atoms with van der Waals surface area (Å²) in [4.78, 5) is 0. The zero-order valence-electron chi connectivity index (χ0n) is 26.3. The summed E-state index contributed by atoms with van der Waals surface area (Å²) in [7, 11) is 0. The average Bonchev–Trinajstić information content (AvgIpc) is 2.95. The van der Waals surface area contributed by atoms with Crippen LogP contribution in [0.5, 0.6) is 0 Å². The summed E-state index contributed by atoms with van der Waals surface area (Å²) < 4.78 is 30.8. The molecular formula is C30H63AlO9. The van der Waals surface area contributed by atoms with Crippen molar-refractivity contribution in [2.45, 2.75) is 97.8 Å². The second-order valence-corrected chi connectivity index (χ2v) is 8.97. The predicted molar refractivity (Wildman–Crippen MR) is 158 cm³/mol. The quantitative estimate of drug-likeness (QED) is 0.0911. The molecule has 0 saturated carbocycles. The van der Waals surface area contributed by atoms with Gasteiger partial charge in [0.2, 0.25) is 0 Å². The van der Waals surface area contributed by atoms with Gasteiger partial charge in [0.15, 0.2) is 0 Å². The van der Waals surface area contributed by atoms with Crippen LogP contribution < -0.4 is 15.3 Å². The molecule has 240 valence electrons. The summed E-state index contributed by atoms with van der Waals surface area (Å²) in [5.41, 5.74) is 0. The van der Waals surface area contributed by atoms with Crippen molar-refractivity contribution < 1.29 is 43.7 Å². The first-order valence-corrected chi connectivity index (χ1v) is 15.5. The third-order valence-electron chi connectivity index (χ3n) is 5.23. The van der Waals surface area contributed by atoms with Crippen molar-refractivity contribution in [1.29, 1.82) is 0 Å². The third-order valence-corrected chi connectivity index (χ3v) is 5.23. The molecule has 0 heterocycles. The Labute approximate surface area is 257 Å². The molecule has 0 atom stereocenters. The molecule has 0 bridgehead atoms. The Hall–Kier alpha value is 0.172. The second kappa shape index (κ2) is 51.9. The van der Waals surface area contributed by atoms with Crippen molar-refractivity contribution in [2.24, 2.45) is 0 Å². The van der Waals surface area contributed by atoms with Gasteiger partial charge in [-0.25, -0.2) is 0 Å². The van der Waals surface area contributed by atoms with Gasteiger partial charge in [-0.2, -0.15) is 0 Å². The van der Waals surface area contributed by atoms with Crippen molar-refractivity contribution in [3.8, 4) is 0 Å². The SMILES string of the molecule is CCCCCCOCCOCC[O-].CCCCCCOCCOCC[O-].CCCCCCOCCOCC[O-].[Al+3]. The molecule has 0 saturated heterocycles. The molecule has 0 rings (SSSR count). The van der Waals surface area contributed by atoms with E-state index in [1.54, 1.807) is 0 Å². The van der Waals surface area contributed by atoms with Crippen LogP contribution in [0.15, 0.2) is 0 Å². The molecule has 0 amide bonds. The van der Waals surface area contributed by atoms with Crippen LogP contribution in [0.25, 0.3) is 0 Å². The van der Waals surface area contributed by atoms with E-state index in [1.807, 2.05) is 0 Å². The number of hydrogen-bond donors (Lipinski definition) is 0. The Morgan fingerprint density at radius 2 is 0.525 bits per heavy atom. The van der Waals surface area contributed by atoms with Gasteiger partial charge < -0.3 is 43.7 Å². The first-order valence-electron chi connectivity index (χ1n) is 15.5. The minimum absolute atomic E-state index is 0. The van der Waals surface area contributed by atoms with Crippen molar-refractivity contribution >= 4 is 17.4 Å². The molecule has 0 aromatic heterocycles. The minimum atomic E-state index is -0.156. The fourth-order valence-corrected chi connectivity index (χ4v) is 3.04. The molecule has 0 radical (unpaired) electrons. The van der Waals surface area contributed by atoms with Crippen LogP contribution in [-0.4, -0.2) is 116 Å². The van der Waals surface area contributed by atoms with Crippen LogP contribution in [-0.2, 0) is 28.4 Å². The zero-order chi connectivity index (χ0) is 29.3. The maximum absolute atomic E-state index is 9.97. The van der Waals surface area contributed by atoms with Crippen LogP contribution in [0.3, 0.4) is 0 Å². The fourth-order valence-electron chi connectivity index (χ4n) is 3.04. The van der Waals surface area contributed by atoms with E-state index in [0.29, 0.717) is 59.5 Å². The van der Waals surface area contributed by atoms with Crippen molar-refractivity contribution in [3.63, 3.8) is 0 Å². The van der Waals surface area contributed by atoms with E-state index >= 15 is 0 Å². The number of rotatable bonds is 30. The maximum atomic E-state index is 9.97. The number of hydrogen-bond acceptors (Lipinski definition) is 9. The summed E-state index contributed by atoms with van der Waals surface area (Å²) >= 11 is 0. The van der Waals surface area contributed by atoms with Gasteiger partial charge in [-0.05, 0) is 19.3 Å². The van der Waals surface area contributed by atoms with Gasteiger partial charge in [0.05, 0.1) is 39.6 Å². The van der Waals surface area contributed by atoms with E-state index in [-0.39, 0.29) is 37.2 Å². The number of ether oxygens (including phenoxy) is 6. The topological polar surface area (TPSA) is 125 Å². The van der Waals surface area contributed by atoms with Gasteiger partial charge in [-0.3, -0.25) is 0 Å². The van der Waals surface area contributed by atoms with Gasteiger partial charge >= 0.3 is 17.4 Å². The largest absolute Gasteiger partial charge is 3.00 e. The first kappa shape index (κ1) is 47.1. The predicted octanol–water partition coefficient (Wildman–Crippen LogP) is 2.50. The standard InChI is InChI=1S/3C10H21O3.Al/c3*1-2-3-4-5-7-12-9-10-13-8-6-11;/h3*2-10H2,1H3;/q3*-1;+3. The van der Waals surface area contributed by atoms with Gasteiger partial charge in [-0.1, -0.05) is 78.6 Å². The van der Waals surface area contributed by atoms with Gasteiger partial charge in [-0.15, -0.1) is 19.8 Å². The maximum Gasteiger partial charge on any atom is 3.00 e. The molecule has 10 heteroatoms. The molecule has 0 spiro atoms. The summed E-state index contributed by atoms with van der Waals surface area (Å²) in [5, 5.41) is 29.9. The molecule has 0 fully saturated rings. The Balaban J connectivity index is -0.000000240. The normalized spacial score (nSPS) is 10.3. The summed E-state index contributed by atoms with van der Waals surface area (Å²) in [5.74, 6) is 0. The Morgan fingerprint density at radius 1 is 0.300 bits per heavy atom. The van der Waals surface area contributed by atoms with Crippen LogP contribution in [0.2, 0.25) is 0 Å². The molecule has 0 aliphatic carbocycles. The fraction of sp³-hybridized carbons (Fsp3) is 1.00. The molecular weight excluding hydrogens is 531 g/mol. The molecule has 0 unspecified atom stereocenters. The average molecular weight is 595 g/mol. The minimum Gasteiger partial charge on any atom is -0.853 e. The smallest absolute Gasteiger partial charge is 0.853 e. The molecule has 0 aliphatic heterocycles. The van der Waals surface area contributed by atoms with Gasteiger partial charge in [0.25, 0.3) is 0 Å². The van der Waals surface area contributed by atoms with Crippen molar-refractivity contribution in [3.05, 3.63) is 0 Å². The molecule has 0 aliphatic rings. The van der Waals surface area contributed by atoms with Crippen molar-refractivity contribution in [1.82, 2.24) is 0 Å². The van der Waals surface area contributed by atoms with Crippen LogP contribution in [0.4, 0.5) is 0 Å². The van der Waals surface area contributed by atoms with E-state index in [4.69, 9.17) is 28.4 Å². The summed E-state index contributed by atoms with van der Waals surface area (Å²) in [6.07, 6.45) is 14.8.